The van der Waals surface area contributed by atoms with E-state index in [0.29, 0.717) is 10.2 Å². The molecule has 2 atom stereocenters. The number of ether oxygens (including phenoxy) is 1. The van der Waals surface area contributed by atoms with E-state index in [2.05, 4.69) is 15.9 Å². The second-order valence-electron chi connectivity index (χ2n) is 5.60. The molecule has 0 amide bonds. The van der Waals surface area contributed by atoms with Gasteiger partial charge in [-0.15, -0.1) is 11.6 Å². The van der Waals surface area contributed by atoms with Crippen LogP contribution in [0, 0.1) is 15.5 Å². The number of alkyl halides is 1. The van der Waals surface area contributed by atoms with Crippen molar-refractivity contribution < 1.29 is 9.66 Å². The smallest absolute Gasteiger partial charge is 0.287 e. The van der Waals surface area contributed by atoms with Gasteiger partial charge in [-0.05, 0) is 34.8 Å². The molecule has 6 heteroatoms. The fourth-order valence-electron chi connectivity index (χ4n) is 3.42. The van der Waals surface area contributed by atoms with Gasteiger partial charge >= 0.3 is 0 Å². The highest BCUT2D eigenvalue weighted by atomic mass is 79.9. The molecule has 20 heavy (non-hydrogen) atoms. The van der Waals surface area contributed by atoms with Crippen LogP contribution in [0.4, 0.5) is 5.69 Å². The highest BCUT2D eigenvalue weighted by molar-refractivity contribution is 9.10. The average molecular weight is 361 g/mol. The normalized spacial score (nSPS) is 27.3. The van der Waals surface area contributed by atoms with Gasteiger partial charge in [0.15, 0.2) is 0 Å². The van der Waals surface area contributed by atoms with Crippen LogP contribution < -0.4 is 4.74 Å². The number of nitro benzene ring substituents is 1. The van der Waals surface area contributed by atoms with Crippen molar-refractivity contribution in [3.63, 3.8) is 0 Å². The Kier molecular flexibility index (Phi) is 3.67. The number of nitro groups is 1. The Bertz CT molecular complexity index is 545. The molecule has 2 aliphatic rings. The monoisotopic (exact) mass is 359 g/mol. The predicted octanol–water partition coefficient (Wildman–Crippen LogP) is 4.68. The van der Waals surface area contributed by atoms with Crippen LogP contribution >= 0.6 is 27.5 Å². The Labute approximate surface area is 130 Å². The third kappa shape index (κ3) is 2.11. The maximum atomic E-state index is 10.9. The van der Waals surface area contributed by atoms with Crippen molar-refractivity contribution in [3.8, 4) is 5.75 Å². The van der Waals surface area contributed by atoms with Crippen molar-refractivity contribution >= 4 is 33.2 Å². The first-order chi connectivity index (χ1) is 9.54. The van der Waals surface area contributed by atoms with Gasteiger partial charge in [-0.25, -0.2) is 0 Å². The highest BCUT2D eigenvalue weighted by Gasteiger charge is 2.57. The minimum atomic E-state index is -0.409. The Balaban J connectivity index is 1.82. The lowest BCUT2D eigenvalue weighted by Crippen LogP contribution is -2.55. The molecule has 0 N–H and O–H groups in total. The maximum absolute atomic E-state index is 10.9. The van der Waals surface area contributed by atoms with Crippen LogP contribution in [0.2, 0.25) is 0 Å². The largest absolute Gasteiger partial charge is 0.488 e. The van der Waals surface area contributed by atoms with Crippen LogP contribution in [0.15, 0.2) is 22.7 Å². The molecular weight excluding hydrogens is 346 g/mol. The van der Waals surface area contributed by atoms with Crippen LogP contribution in [-0.4, -0.2) is 16.4 Å². The van der Waals surface area contributed by atoms with E-state index in [0.717, 1.165) is 19.3 Å². The van der Waals surface area contributed by atoms with Crippen LogP contribution in [0.25, 0.3) is 0 Å². The summed E-state index contributed by atoms with van der Waals surface area (Å²) in [7, 11) is 0. The van der Waals surface area contributed by atoms with Gasteiger partial charge in [0.1, 0.15) is 16.3 Å². The van der Waals surface area contributed by atoms with Crippen LogP contribution in [0.3, 0.4) is 0 Å². The van der Waals surface area contributed by atoms with Crippen molar-refractivity contribution in [2.75, 3.05) is 0 Å². The van der Waals surface area contributed by atoms with Gasteiger partial charge in [-0.3, -0.25) is 10.1 Å². The third-order valence-corrected chi connectivity index (χ3v) is 6.04. The third-order valence-electron chi connectivity index (χ3n) is 4.63. The molecule has 0 aliphatic heterocycles. The van der Waals surface area contributed by atoms with E-state index in [1.807, 2.05) is 0 Å². The molecule has 0 saturated heterocycles. The number of benzene rings is 1. The summed E-state index contributed by atoms with van der Waals surface area (Å²) in [6.45, 7) is 0. The standard InChI is InChI=1S/C14H15BrClNO3/c15-13-9(17(18)19)4-3-5-10(13)20-12-8-11(16)14(12)6-1-2-7-14/h3-5,11-12H,1-2,6-8H2. The van der Waals surface area contributed by atoms with Crippen LogP contribution in [0.1, 0.15) is 32.1 Å². The lowest BCUT2D eigenvalue weighted by molar-refractivity contribution is -0.385. The molecule has 1 aromatic rings. The molecule has 0 radical (unpaired) electrons. The lowest BCUT2D eigenvalue weighted by Gasteiger charge is -2.51. The van der Waals surface area contributed by atoms with Gasteiger partial charge < -0.3 is 4.74 Å². The number of nitrogens with zero attached hydrogens (tertiary/aromatic N) is 1. The van der Waals surface area contributed by atoms with E-state index < -0.39 is 4.92 Å². The zero-order valence-electron chi connectivity index (χ0n) is 10.9. The van der Waals surface area contributed by atoms with Crippen LogP contribution in [-0.2, 0) is 0 Å². The predicted molar refractivity (Wildman–Crippen MR) is 80.4 cm³/mol. The molecule has 2 unspecified atom stereocenters. The van der Waals surface area contributed by atoms with Gasteiger partial charge in [0.25, 0.3) is 5.69 Å². The van der Waals surface area contributed by atoms with E-state index in [1.54, 1.807) is 12.1 Å². The summed E-state index contributed by atoms with van der Waals surface area (Å²) in [5, 5.41) is 11.1. The summed E-state index contributed by atoms with van der Waals surface area (Å²) in [5.74, 6) is 0.541. The maximum Gasteiger partial charge on any atom is 0.287 e. The molecule has 1 aromatic carbocycles. The summed E-state index contributed by atoms with van der Waals surface area (Å²) < 4.78 is 6.46. The zero-order chi connectivity index (χ0) is 14.3. The Hall–Kier alpha value is -0.810. The molecule has 108 valence electrons. The minimum Gasteiger partial charge on any atom is -0.488 e. The first-order valence-electron chi connectivity index (χ1n) is 6.78. The molecular formula is C14H15BrClNO3. The first-order valence-corrected chi connectivity index (χ1v) is 8.01. The van der Waals surface area contributed by atoms with E-state index in [4.69, 9.17) is 16.3 Å². The fraction of sp³-hybridized carbons (Fsp3) is 0.571. The average Bonchev–Trinajstić information content (AvgIpc) is 2.92. The number of hydrogen-bond acceptors (Lipinski definition) is 3. The lowest BCUT2D eigenvalue weighted by atomic mass is 9.64. The van der Waals surface area contributed by atoms with Gasteiger partial charge in [-0.2, -0.15) is 0 Å². The molecule has 2 aliphatic carbocycles. The van der Waals surface area contributed by atoms with Crippen molar-refractivity contribution in [2.45, 2.75) is 43.6 Å². The number of rotatable bonds is 3. The minimum absolute atomic E-state index is 0.0321. The molecule has 3 rings (SSSR count). The Morgan fingerprint density at radius 2 is 2.10 bits per heavy atom. The molecule has 0 heterocycles. The molecule has 2 fully saturated rings. The van der Waals surface area contributed by atoms with Crippen LogP contribution in [0.5, 0.6) is 5.75 Å². The van der Waals surface area contributed by atoms with E-state index in [9.17, 15) is 10.1 Å². The summed E-state index contributed by atoms with van der Waals surface area (Å²) in [4.78, 5) is 10.5. The van der Waals surface area contributed by atoms with E-state index in [1.165, 1.54) is 18.9 Å². The summed E-state index contributed by atoms with van der Waals surface area (Å²) in [6.07, 6.45) is 5.47. The van der Waals surface area contributed by atoms with Gasteiger partial charge in [0.05, 0.1) is 4.92 Å². The highest BCUT2D eigenvalue weighted by Crippen LogP contribution is 2.57. The zero-order valence-corrected chi connectivity index (χ0v) is 13.2. The van der Waals surface area contributed by atoms with Crippen molar-refractivity contribution in [1.82, 2.24) is 0 Å². The molecule has 1 spiro atoms. The second-order valence-corrected chi connectivity index (χ2v) is 6.92. The van der Waals surface area contributed by atoms with Gasteiger partial charge in [0.2, 0.25) is 0 Å². The Morgan fingerprint density at radius 3 is 2.70 bits per heavy atom. The molecule has 0 bridgehead atoms. The Morgan fingerprint density at radius 1 is 1.40 bits per heavy atom. The van der Waals surface area contributed by atoms with Gasteiger partial charge in [0, 0.05) is 23.3 Å². The summed E-state index contributed by atoms with van der Waals surface area (Å²) in [6, 6.07) is 4.88. The summed E-state index contributed by atoms with van der Waals surface area (Å²) >= 11 is 9.67. The summed E-state index contributed by atoms with van der Waals surface area (Å²) in [5.41, 5.74) is 0.107. The van der Waals surface area contributed by atoms with Crippen molar-refractivity contribution in [3.05, 3.63) is 32.8 Å². The fourth-order valence-corrected chi connectivity index (χ4v) is 4.44. The van der Waals surface area contributed by atoms with Gasteiger partial charge in [-0.1, -0.05) is 18.9 Å². The second kappa shape index (κ2) is 5.19. The molecule has 4 nitrogen and oxygen atoms in total. The van der Waals surface area contributed by atoms with Crippen molar-refractivity contribution in [2.24, 2.45) is 5.41 Å². The van der Waals surface area contributed by atoms with E-state index in [-0.39, 0.29) is 22.6 Å². The molecule has 2 saturated carbocycles. The first kappa shape index (κ1) is 14.1. The molecule has 0 aromatic heterocycles. The topological polar surface area (TPSA) is 52.4 Å². The quantitative estimate of drug-likeness (QED) is 0.447. The SMILES string of the molecule is O=[N+]([O-])c1cccc(OC2CC(Cl)C23CCCC3)c1Br. The number of hydrogen-bond donors (Lipinski definition) is 0. The number of halogens is 2. The van der Waals surface area contributed by atoms with Crippen molar-refractivity contribution in [1.29, 1.82) is 0 Å². The van der Waals surface area contributed by atoms with E-state index >= 15 is 0 Å².